The molecule has 2 atom stereocenters. The number of para-hydroxylation sites is 1. The molecule has 0 radical (unpaired) electrons. The van der Waals surface area contributed by atoms with Crippen molar-refractivity contribution in [3.05, 3.63) is 29.8 Å². The highest BCUT2D eigenvalue weighted by Crippen LogP contribution is 2.26. The molecule has 1 aromatic rings. The van der Waals surface area contributed by atoms with Crippen LogP contribution in [0.2, 0.25) is 0 Å². The second kappa shape index (κ2) is 6.77. The fourth-order valence-corrected chi connectivity index (χ4v) is 4.29. The van der Waals surface area contributed by atoms with Crippen molar-refractivity contribution < 1.29 is 13.2 Å². The lowest BCUT2D eigenvalue weighted by atomic mass is 10.0. The molecule has 6 heteroatoms. The summed E-state index contributed by atoms with van der Waals surface area (Å²) in [6.45, 7) is 5.11. The van der Waals surface area contributed by atoms with Gasteiger partial charge in [-0.3, -0.25) is 0 Å². The standard InChI is InChI=1S/C15H24N2O3S/c1-12-7-6-10-17(11-12)21(18,19)16-13(2)14-8-4-5-9-15(14)20-3/h4-5,8-9,12-13,16H,6-7,10-11H2,1-3H3. The van der Waals surface area contributed by atoms with E-state index in [0.29, 0.717) is 24.8 Å². The highest BCUT2D eigenvalue weighted by atomic mass is 32.2. The smallest absolute Gasteiger partial charge is 0.280 e. The second-order valence-corrected chi connectivity index (χ2v) is 7.39. The summed E-state index contributed by atoms with van der Waals surface area (Å²) in [5.74, 6) is 1.11. The van der Waals surface area contributed by atoms with Crippen LogP contribution >= 0.6 is 0 Å². The van der Waals surface area contributed by atoms with Gasteiger partial charge in [0.15, 0.2) is 0 Å². The zero-order chi connectivity index (χ0) is 15.5. The first-order valence-electron chi connectivity index (χ1n) is 7.34. The number of hydrogen-bond acceptors (Lipinski definition) is 3. The molecule has 2 rings (SSSR count). The van der Waals surface area contributed by atoms with Crippen molar-refractivity contribution in [2.24, 2.45) is 5.92 Å². The van der Waals surface area contributed by atoms with E-state index in [4.69, 9.17) is 4.74 Å². The number of ether oxygens (including phenoxy) is 1. The number of nitrogens with one attached hydrogen (secondary N) is 1. The third kappa shape index (κ3) is 3.96. The van der Waals surface area contributed by atoms with E-state index >= 15 is 0 Å². The largest absolute Gasteiger partial charge is 0.496 e. The molecule has 1 aliphatic rings. The minimum Gasteiger partial charge on any atom is -0.496 e. The first-order chi connectivity index (χ1) is 9.94. The molecule has 2 unspecified atom stereocenters. The minimum absolute atomic E-state index is 0.330. The molecule has 0 saturated carbocycles. The lowest BCUT2D eigenvalue weighted by Crippen LogP contribution is -2.46. The zero-order valence-electron chi connectivity index (χ0n) is 12.9. The van der Waals surface area contributed by atoms with Gasteiger partial charge in [-0.1, -0.05) is 25.1 Å². The third-order valence-electron chi connectivity index (χ3n) is 3.89. The molecule has 0 bridgehead atoms. The fraction of sp³-hybridized carbons (Fsp3) is 0.600. The number of benzene rings is 1. The van der Waals surface area contributed by atoms with Crippen LogP contribution in [0.4, 0.5) is 0 Å². The molecule has 1 aliphatic heterocycles. The van der Waals surface area contributed by atoms with Crippen molar-refractivity contribution in [1.82, 2.24) is 9.03 Å². The van der Waals surface area contributed by atoms with E-state index < -0.39 is 10.2 Å². The summed E-state index contributed by atoms with van der Waals surface area (Å²) in [6.07, 6.45) is 2.01. The number of piperidine rings is 1. The van der Waals surface area contributed by atoms with Crippen molar-refractivity contribution in [3.8, 4) is 5.75 Å². The van der Waals surface area contributed by atoms with Gasteiger partial charge in [-0.2, -0.15) is 17.4 Å². The van der Waals surface area contributed by atoms with Gasteiger partial charge in [0.1, 0.15) is 5.75 Å². The Morgan fingerprint density at radius 3 is 2.76 bits per heavy atom. The first-order valence-corrected chi connectivity index (χ1v) is 8.78. The summed E-state index contributed by atoms with van der Waals surface area (Å²) in [5, 5.41) is 0. The highest BCUT2D eigenvalue weighted by Gasteiger charge is 2.28. The second-order valence-electron chi connectivity index (χ2n) is 5.69. The number of rotatable bonds is 5. The minimum atomic E-state index is -3.46. The molecule has 118 valence electrons. The summed E-state index contributed by atoms with van der Waals surface area (Å²) in [4.78, 5) is 0. The SMILES string of the molecule is COc1ccccc1C(C)NS(=O)(=O)N1CCCC(C)C1. The molecule has 1 saturated heterocycles. The molecule has 1 N–H and O–H groups in total. The Morgan fingerprint density at radius 2 is 2.10 bits per heavy atom. The Labute approximate surface area is 127 Å². The zero-order valence-corrected chi connectivity index (χ0v) is 13.7. The third-order valence-corrected chi connectivity index (χ3v) is 5.55. The fourth-order valence-electron chi connectivity index (χ4n) is 2.75. The van der Waals surface area contributed by atoms with Crippen molar-refractivity contribution in [3.63, 3.8) is 0 Å². The van der Waals surface area contributed by atoms with E-state index in [1.54, 1.807) is 11.4 Å². The van der Waals surface area contributed by atoms with Crippen molar-refractivity contribution >= 4 is 10.2 Å². The summed E-state index contributed by atoms with van der Waals surface area (Å²) >= 11 is 0. The van der Waals surface area contributed by atoms with E-state index in [-0.39, 0.29) is 6.04 Å². The Morgan fingerprint density at radius 1 is 1.38 bits per heavy atom. The maximum Gasteiger partial charge on any atom is 0.280 e. The maximum atomic E-state index is 12.5. The van der Waals surface area contributed by atoms with Gasteiger partial charge in [-0.15, -0.1) is 0 Å². The van der Waals surface area contributed by atoms with Gasteiger partial charge in [0, 0.05) is 24.7 Å². The summed E-state index contributed by atoms with van der Waals surface area (Å²) < 4.78 is 34.6. The van der Waals surface area contributed by atoms with Crippen LogP contribution in [-0.4, -0.2) is 32.9 Å². The van der Waals surface area contributed by atoms with Gasteiger partial charge < -0.3 is 4.74 Å². The molecule has 1 fully saturated rings. The molecule has 1 heterocycles. The molecule has 5 nitrogen and oxygen atoms in total. The van der Waals surface area contributed by atoms with Crippen LogP contribution < -0.4 is 9.46 Å². The molecule has 0 aromatic heterocycles. The Bertz CT molecular complexity index is 574. The van der Waals surface area contributed by atoms with Crippen LogP contribution in [0.15, 0.2) is 24.3 Å². The van der Waals surface area contributed by atoms with Crippen LogP contribution in [0, 0.1) is 5.92 Å². The molecule has 0 spiro atoms. The summed E-state index contributed by atoms with van der Waals surface area (Å²) in [5.41, 5.74) is 0.841. The lowest BCUT2D eigenvalue weighted by molar-refractivity contribution is 0.277. The molecule has 21 heavy (non-hydrogen) atoms. The molecule has 1 aromatic carbocycles. The van der Waals surface area contributed by atoms with Gasteiger partial charge in [-0.25, -0.2) is 0 Å². The van der Waals surface area contributed by atoms with Crippen LogP contribution in [0.25, 0.3) is 0 Å². The summed E-state index contributed by atoms with van der Waals surface area (Å²) in [6, 6.07) is 7.14. The van der Waals surface area contributed by atoms with Gasteiger partial charge in [0.05, 0.1) is 7.11 Å². The van der Waals surface area contributed by atoms with Crippen molar-refractivity contribution in [1.29, 1.82) is 0 Å². The maximum absolute atomic E-state index is 12.5. The van der Waals surface area contributed by atoms with Gasteiger partial charge >= 0.3 is 0 Å². The van der Waals surface area contributed by atoms with Crippen LogP contribution in [0.3, 0.4) is 0 Å². The molecular formula is C15H24N2O3S. The van der Waals surface area contributed by atoms with Crippen molar-refractivity contribution in [2.45, 2.75) is 32.7 Å². The Kier molecular flexibility index (Phi) is 5.24. The molecule has 0 amide bonds. The normalized spacial score (nSPS) is 22.0. The Hall–Kier alpha value is -1.11. The Balaban J connectivity index is 2.12. The van der Waals surface area contributed by atoms with Crippen LogP contribution in [0.5, 0.6) is 5.75 Å². The van der Waals surface area contributed by atoms with E-state index in [2.05, 4.69) is 11.6 Å². The predicted octanol–water partition coefficient (Wildman–Crippen LogP) is 2.32. The number of nitrogens with zero attached hydrogens (tertiary/aromatic N) is 1. The van der Waals surface area contributed by atoms with Gasteiger partial charge in [0.25, 0.3) is 10.2 Å². The summed E-state index contributed by atoms with van der Waals surface area (Å²) in [7, 11) is -1.87. The van der Waals surface area contributed by atoms with Crippen molar-refractivity contribution in [2.75, 3.05) is 20.2 Å². The van der Waals surface area contributed by atoms with Crippen LogP contribution in [-0.2, 0) is 10.2 Å². The monoisotopic (exact) mass is 312 g/mol. The van der Waals surface area contributed by atoms with Gasteiger partial charge in [-0.05, 0) is 31.7 Å². The van der Waals surface area contributed by atoms with E-state index in [0.717, 1.165) is 18.4 Å². The predicted molar refractivity (Wildman–Crippen MR) is 83.4 cm³/mol. The lowest BCUT2D eigenvalue weighted by Gasteiger charge is -2.31. The van der Waals surface area contributed by atoms with Crippen LogP contribution in [0.1, 0.15) is 38.3 Å². The van der Waals surface area contributed by atoms with E-state index in [1.165, 1.54) is 0 Å². The topological polar surface area (TPSA) is 58.6 Å². The van der Waals surface area contributed by atoms with Gasteiger partial charge in [0.2, 0.25) is 0 Å². The molecule has 0 aliphatic carbocycles. The average Bonchev–Trinajstić information content (AvgIpc) is 2.46. The highest BCUT2D eigenvalue weighted by molar-refractivity contribution is 7.87. The molecular weight excluding hydrogens is 288 g/mol. The quantitative estimate of drug-likeness (QED) is 0.908. The number of hydrogen-bond donors (Lipinski definition) is 1. The van der Waals surface area contributed by atoms with E-state index in [1.807, 2.05) is 31.2 Å². The average molecular weight is 312 g/mol. The van der Waals surface area contributed by atoms with E-state index in [9.17, 15) is 8.42 Å². The number of methoxy groups -OCH3 is 1. The first kappa shape index (κ1) is 16.3.